The number of rotatable bonds is 5. The Morgan fingerprint density at radius 2 is 1.89 bits per heavy atom. The van der Waals surface area contributed by atoms with E-state index in [1.54, 1.807) is 0 Å². The van der Waals surface area contributed by atoms with E-state index in [2.05, 4.69) is 47.5 Å². The van der Waals surface area contributed by atoms with Gasteiger partial charge in [-0.1, -0.05) is 37.3 Å². The summed E-state index contributed by atoms with van der Waals surface area (Å²) in [5.74, 6) is 1.03. The first-order valence-corrected chi connectivity index (χ1v) is 11.2. The summed E-state index contributed by atoms with van der Waals surface area (Å²) in [5, 5.41) is 3.35. The monoisotopic (exact) mass is 382 g/mol. The average Bonchev–Trinajstić information content (AvgIpc) is 2.67. The molecule has 1 heterocycles. The number of hydrogen-bond donors (Lipinski definition) is 1. The van der Waals surface area contributed by atoms with Gasteiger partial charge >= 0.3 is 0 Å². The zero-order valence-corrected chi connectivity index (χ0v) is 17.2. The molecule has 1 aromatic carbocycles. The van der Waals surface area contributed by atoms with Gasteiger partial charge in [0.1, 0.15) is 0 Å². The van der Waals surface area contributed by atoms with Crippen LogP contribution in [0.25, 0.3) is 0 Å². The van der Waals surface area contributed by atoms with E-state index in [1.165, 1.54) is 24.8 Å². The number of nitrogens with one attached hydrogen (secondary N) is 1. The molecule has 4 aliphatic carbocycles. The van der Waals surface area contributed by atoms with Crippen molar-refractivity contribution >= 4 is 5.91 Å². The highest BCUT2D eigenvalue weighted by molar-refractivity contribution is 5.83. The van der Waals surface area contributed by atoms with Crippen molar-refractivity contribution in [2.75, 3.05) is 39.4 Å². The molecule has 4 heteroatoms. The van der Waals surface area contributed by atoms with Gasteiger partial charge in [0, 0.05) is 26.2 Å². The number of ether oxygens (including phenoxy) is 1. The van der Waals surface area contributed by atoms with Crippen molar-refractivity contribution in [1.29, 1.82) is 0 Å². The molecule has 4 unspecified atom stereocenters. The molecule has 0 spiro atoms. The van der Waals surface area contributed by atoms with Gasteiger partial charge in [0.15, 0.2) is 0 Å². The number of benzene rings is 1. The molecule has 28 heavy (non-hydrogen) atoms. The molecule has 5 aliphatic rings. The van der Waals surface area contributed by atoms with E-state index in [4.69, 9.17) is 4.74 Å². The van der Waals surface area contributed by atoms with E-state index in [0.29, 0.717) is 17.2 Å². The van der Waals surface area contributed by atoms with Crippen molar-refractivity contribution in [2.24, 2.45) is 16.7 Å². The first-order valence-electron chi connectivity index (χ1n) is 11.2. The molecule has 1 saturated heterocycles. The fourth-order valence-corrected chi connectivity index (χ4v) is 7.63. The Bertz CT molecular complexity index is 731. The summed E-state index contributed by atoms with van der Waals surface area (Å²) in [7, 11) is 0. The summed E-state index contributed by atoms with van der Waals surface area (Å²) in [6.45, 7) is 7.76. The second-order valence-electron chi connectivity index (χ2n) is 10.5. The van der Waals surface area contributed by atoms with E-state index in [9.17, 15) is 4.79 Å². The fraction of sp³-hybridized carbons (Fsp3) is 0.708. The summed E-state index contributed by atoms with van der Waals surface area (Å²) in [4.78, 5) is 15.9. The smallest absolute Gasteiger partial charge is 0.226 e. The van der Waals surface area contributed by atoms with E-state index in [0.717, 1.165) is 58.7 Å². The van der Waals surface area contributed by atoms with E-state index in [1.807, 2.05) is 0 Å². The molecule has 5 fully saturated rings. The maximum Gasteiger partial charge on any atom is 0.226 e. The molecule has 1 amide bonds. The first kappa shape index (κ1) is 18.6. The largest absolute Gasteiger partial charge is 0.379 e. The van der Waals surface area contributed by atoms with Crippen molar-refractivity contribution < 1.29 is 9.53 Å². The Morgan fingerprint density at radius 3 is 2.64 bits per heavy atom. The molecule has 4 nitrogen and oxygen atoms in total. The van der Waals surface area contributed by atoms with Gasteiger partial charge in [-0.05, 0) is 60.8 Å². The SMILES string of the molecule is CC12CC3CC(C(=O)NCCN4CCOCC4)(C1)CC(c1ccccc1)(C3)C2. The van der Waals surface area contributed by atoms with Gasteiger partial charge in [0.25, 0.3) is 0 Å². The number of carbonyl (C=O) groups excluding carboxylic acids is 1. The molecule has 1 aliphatic heterocycles. The maximum absolute atomic E-state index is 13.5. The zero-order valence-electron chi connectivity index (χ0n) is 17.2. The second kappa shape index (κ2) is 6.84. The van der Waals surface area contributed by atoms with Gasteiger partial charge in [-0.25, -0.2) is 0 Å². The lowest BCUT2D eigenvalue weighted by molar-refractivity contribution is -0.160. The summed E-state index contributed by atoms with van der Waals surface area (Å²) in [6, 6.07) is 11.1. The summed E-state index contributed by atoms with van der Waals surface area (Å²) < 4.78 is 5.43. The van der Waals surface area contributed by atoms with Crippen LogP contribution in [0, 0.1) is 16.7 Å². The second-order valence-corrected chi connectivity index (χ2v) is 10.5. The van der Waals surface area contributed by atoms with Crippen LogP contribution in [0.1, 0.15) is 51.0 Å². The van der Waals surface area contributed by atoms with Crippen LogP contribution in [0.3, 0.4) is 0 Å². The van der Waals surface area contributed by atoms with Crippen molar-refractivity contribution in [2.45, 2.75) is 50.9 Å². The number of carbonyl (C=O) groups is 1. The van der Waals surface area contributed by atoms with Crippen LogP contribution in [-0.2, 0) is 14.9 Å². The summed E-state index contributed by atoms with van der Waals surface area (Å²) in [5.41, 5.74) is 1.83. The van der Waals surface area contributed by atoms with Crippen LogP contribution in [0.2, 0.25) is 0 Å². The third-order valence-corrected chi connectivity index (χ3v) is 8.03. The molecule has 0 aromatic heterocycles. The highest BCUT2D eigenvalue weighted by Gasteiger charge is 2.64. The number of nitrogens with zero attached hydrogens (tertiary/aromatic N) is 1. The fourth-order valence-electron chi connectivity index (χ4n) is 7.63. The molecule has 4 bridgehead atoms. The van der Waals surface area contributed by atoms with Gasteiger partial charge < -0.3 is 10.1 Å². The Morgan fingerprint density at radius 1 is 1.11 bits per heavy atom. The minimum Gasteiger partial charge on any atom is -0.379 e. The van der Waals surface area contributed by atoms with Gasteiger partial charge in [-0.2, -0.15) is 0 Å². The molecule has 1 N–H and O–H groups in total. The summed E-state index contributed by atoms with van der Waals surface area (Å²) in [6.07, 6.45) is 7.05. The number of hydrogen-bond acceptors (Lipinski definition) is 3. The van der Waals surface area contributed by atoms with Gasteiger partial charge in [0.05, 0.1) is 18.6 Å². The Balaban J connectivity index is 1.33. The minimum absolute atomic E-state index is 0.158. The van der Waals surface area contributed by atoms with Crippen molar-refractivity contribution in [3.8, 4) is 0 Å². The van der Waals surface area contributed by atoms with E-state index in [-0.39, 0.29) is 10.8 Å². The van der Waals surface area contributed by atoms with Gasteiger partial charge in [0.2, 0.25) is 5.91 Å². The van der Waals surface area contributed by atoms with E-state index < -0.39 is 0 Å². The van der Waals surface area contributed by atoms with Crippen LogP contribution in [0.15, 0.2) is 30.3 Å². The lowest BCUT2D eigenvalue weighted by Crippen LogP contribution is -2.62. The zero-order chi connectivity index (χ0) is 19.2. The first-order chi connectivity index (χ1) is 13.5. The molecular formula is C24H34N2O2. The molecule has 6 rings (SSSR count). The maximum atomic E-state index is 13.5. The highest BCUT2D eigenvalue weighted by atomic mass is 16.5. The van der Waals surface area contributed by atoms with E-state index >= 15 is 0 Å². The lowest BCUT2D eigenvalue weighted by Gasteiger charge is -2.65. The lowest BCUT2D eigenvalue weighted by atomic mass is 9.38. The molecule has 0 radical (unpaired) electrons. The van der Waals surface area contributed by atoms with Crippen LogP contribution in [0.5, 0.6) is 0 Å². The highest BCUT2D eigenvalue weighted by Crippen LogP contribution is 2.70. The van der Waals surface area contributed by atoms with Crippen LogP contribution in [-0.4, -0.2) is 50.2 Å². The van der Waals surface area contributed by atoms with Crippen LogP contribution < -0.4 is 5.32 Å². The number of morpholine rings is 1. The third kappa shape index (κ3) is 3.19. The van der Waals surface area contributed by atoms with Crippen molar-refractivity contribution in [1.82, 2.24) is 10.2 Å². The Labute approximate surface area is 169 Å². The molecule has 1 aromatic rings. The summed E-state index contributed by atoms with van der Waals surface area (Å²) >= 11 is 0. The molecular weight excluding hydrogens is 348 g/mol. The predicted molar refractivity (Wildman–Crippen MR) is 110 cm³/mol. The molecule has 4 saturated carbocycles. The van der Waals surface area contributed by atoms with Gasteiger partial charge in [-0.3, -0.25) is 9.69 Å². The van der Waals surface area contributed by atoms with Crippen LogP contribution in [0.4, 0.5) is 0 Å². The predicted octanol–water partition coefficient (Wildman–Crippen LogP) is 3.36. The Hall–Kier alpha value is -1.39. The van der Waals surface area contributed by atoms with Crippen LogP contribution >= 0.6 is 0 Å². The van der Waals surface area contributed by atoms with Crippen molar-refractivity contribution in [3.63, 3.8) is 0 Å². The average molecular weight is 383 g/mol. The number of amides is 1. The normalized spacial score (nSPS) is 39.8. The van der Waals surface area contributed by atoms with Gasteiger partial charge in [-0.15, -0.1) is 0 Å². The quantitative estimate of drug-likeness (QED) is 0.849. The standard InChI is InChI=1S/C24H34N2O2/c1-22-13-19-14-23(16-22,20-5-3-2-4-6-20)18-24(15-19,17-22)21(27)25-7-8-26-9-11-28-12-10-26/h2-6,19H,7-18H2,1H3,(H,25,27). The van der Waals surface area contributed by atoms with Crippen molar-refractivity contribution in [3.05, 3.63) is 35.9 Å². The third-order valence-electron chi connectivity index (χ3n) is 8.03. The molecule has 4 atom stereocenters. The topological polar surface area (TPSA) is 41.6 Å². The minimum atomic E-state index is -0.158. The Kier molecular flexibility index (Phi) is 4.55. The molecule has 152 valence electrons.